The summed E-state index contributed by atoms with van der Waals surface area (Å²) >= 11 is 0. The number of carbonyl (C=O) groups excluding carboxylic acids is 1. The van der Waals surface area contributed by atoms with Crippen molar-refractivity contribution in [1.82, 2.24) is 15.2 Å². The number of aliphatic carboxylic acids is 1. The lowest BCUT2D eigenvalue weighted by Crippen LogP contribution is -2.59. The molecule has 1 aromatic rings. The molecule has 0 radical (unpaired) electrons. The van der Waals surface area contributed by atoms with E-state index in [4.69, 9.17) is 4.74 Å². The zero-order valence-corrected chi connectivity index (χ0v) is 14.6. The number of carbonyl (C=O) groups is 2. The lowest BCUT2D eigenvalue weighted by atomic mass is 10.0. The maximum atomic E-state index is 12.3. The number of amides is 1. The van der Waals surface area contributed by atoms with E-state index < -0.39 is 17.6 Å². The SMILES string of the molecule is Cc1ncccc1C(=O)NC(C)CN1CC(C)(C)OC[C@H]1C(=O)O. The maximum absolute atomic E-state index is 12.3. The number of morpholine rings is 1. The molecule has 2 atom stereocenters. The van der Waals surface area contributed by atoms with E-state index in [9.17, 15) is 14.7 Å². The van der Waals surface area contributed by atoms with Crippen LogP contribution in [-0.2, 0) is 9.53 Å². The van der Waals surface area contributed by atoms with Crippen LogP contribution in [0.25, 0.3) is 0 Å². The van der Waals surface area contributed by atoms with Gasteiger partial charge in [0, 0.05) is 31.0 Å². The fourth-order valence-corrected chi connectivity index (χ4v) is 2.90. The molecule has 7 heteroatoms. The molecule has 1 aliphatic heterocycles. The lowest BCUT2D eigenvalue weighted by molar-refractivity contribution is -0.162. The summed E-state index contributed by atoms with van der Waals surface area (Å²) in [6.07, 6.45) is 1.64. The monoisotopic (exact) mass is 335 g/mol. The Morgan fingerprint density at radius 3 is 2.88 bits per heavy atom. The number of rotatable bonds is 5. The van der Waals surface area contributed by atoms with Crippen molar-refractivity contribution in [3.63, 3.8) is 0 Å². The second kappa shape index (κ2) is 7.27. The van der Waals surface area contributed by atoms with Crippen molar-refractivity contribution in [2.24, 2.45) is 0 Å². The van der Waals surface area contributed by atoms with Crippen LogP contribution in [0.15, 0.2) is 18.3 Å². The lowest BCUT2D eigenvalue weighted by Gasteiger charge is -2.42. The predicted octanol–water partition coefficient (Wildman–Crippen LogP) is 1.07. The minimum Gasteiger partial charge on any atom is -0.480 e. The zero-order chi connectivity index (χ0) is 17.9. The van der Waals surface area contributed by atoms with E-state index in [1.807, 2.05) is 25.7 Å². The topological polar surface area (TPSA) is 91.8 Å². The largest absolute Gasteiger partial charge is 0.480 e. The van der Waals surface area contributed by atoms with Crippen molar-refractivity contribution in [3.05, 3.63) is 29.6 Å². The number of nitrogens with one attached hydrogen (secondary N) is 1. The molecule has 2 rings (SSSR count). The molecular weight excluding hydrogens is 310 g/mol. The van der Waals surface area contributed by atoms with E-state index in [0.29, 0.717) is 24.3 Å². The second-order valence-electron chi connectivity index (χ2n) is 6.87. The van der Waals surface area contributed by atoms with Gasteiger partial charge in [-0.15, -0.1) is 0 Å². The minimum absolute atomic E-state index is 0.144. The van der Waals surface area contributed by atoms with Crippen LogP contribution < -0.4 is 5.32 Å². The Hall–Kier alpha value is -1.99. The Balaban J connectivity index is 2.01. The van der Waals surface area contributed by atoms with Crippen molar-refractivity contribution in [1.29, 1.82) is 0 Å². The molecule has 1 aliphatic rings. The quantitative estimate of drug-likeness (QED) is 0.836. The van der Waals surface area contributed by atoms with Crippen LogP contribution in [0, 0.1) is 6.92 Å². The van der Waals surface area contributed by atoms with E-state index in [-0.39, 0.29) is 18.6 Å². The van der Waals surface area contributed by atoms with Gasteiger partial charge in [0.15, 0.2) is 0 Å². The molecule has 2 heterocycles. The van der Waals surface area contributed by atoms with E-state index >= 15 is 0 Å². The van der Waals surface area contributed by atoms with Gasteiger partial charge in [0.2, 0.25) is 0 Å². The average molecular weight is 335 g/mol. The van der Waals surface area contributed by atoms with E-state index in [0.717, 1.165) is 0 Å². The molecule has 0 saturated carbocycles. The van der Waals surface area contributed by atoms with Crippen LogP contribution in [0.2, 0.25) is 0 Å². The molecule has 1 unspecified atom stereocenters. The fourth-order valence-electron chi connectivity index (χ4n) is 2.90. The Bertz CT molecular complexity index is 618. The van der Waals surface area contributed by atoms with Gasteiger partial charge >= 0.3 is 5.97 Å². The van der Waals surface area contributed by atoms with Gasteiger partial charge in [-0.1, -0.05) is 0 Å². The highest BCUT2D eigenvalue weighted by molar-refractivity contribution is 5.95. The Labute approximate surface area is 142 Å². The second-order valence-corrected chi connectivity index (χ2v) is 6.87. The summed E-state index contributed by atoms with van der Waals surface area (Å²) in [4.78, 5) is 29.7. The van der Waals surface area contributed by atoms with Crippen molar-refractivity contribution < 1.29 is 19.4 Å². The van der Waals surface area contributed by atoms with Crippen molar-refractivity contribution in [3.8, 4) is 0 Å². The third-order valence-electron chi connectivity index (χ3n) is 4.08. The molecule has 7 nitrogen and oxygen atoms in total. The molecule has 132 valence electrons. The number of hydrogen-bond donors (Lipinski definition) is 2. The summed E-state index contributed by atoms with van der Waals surface area (Å²) in [5.41, 5.74) is 0.787. The maximum Gasteiger partial charge on any atom is 0.323 e. The first-order chi connectivity index (χ1) is 11.2. The summed E-state index contributed by atoms with van der Waals surface area (Å²) in [5.74, 6) is -1.11. The summed E-state index contributed by atoms with van der Waals surface area (Å²) in [6.45, 7) is 8.59. The summed E-state index contributed by atoms with van der Waals surface area (Å²) in [5, 5.41) is 12.3. The van der Waals surface area contributed by atoms with Gasteiger partial charge in [0.05, 0.1) is 17.8 Å². The normalized spacial score (nSPS) is 21.9. The van der Waals surface area contributed by atoms with Gasteiger partial charge < -0.3 is 15.2 Å². The smallest absolute Gasteiger partial charge is 0.323 e. The van der Waals surface area contributed by atoms with Crippen LogP contribution in [0.4, 0.5) is 0 Å². The Kier molecular flexibility index (Phi) is 5.56. The van der Waals surface area contributed by atoms with Crippen LogP contribution in [-0.4, -0.2) is 64.2 Å². The number of carboxylic acid groups (broad SMARTS) is 1. The minimum atomic E-state index is -0.910. The molecule has 0 bridgehead atoms. The number of aromatic nitrogens is 1. The summed E-state index contributed by atoms with van der Waals surface area (Å²) in [7, 11) is 0. The fraction of sp³-hybridized carbons (Fsp3) is 0.588. The number of hydrogen-bond acceptors (Lipinski definition) is 5. The predicted molar refractivity (Wildman–Crippen MR) is 88.9 cm³/mol. The van der Waals surface area contributed by atoms with Crippen molar-refractivity contribution >= 4 is 11.9 Å². The third-order valence-corrected chi connectivity index (χ3v) is 4.08. The van der Waals surface area contributed by atoms with Gasteiger partial charge in [-0.25, -0.2) is 0 Å². The Morgan fingerprint density at radius 1 is 1.54 bits per heavy atom. The number of ether oxygens (including phenoxy) is 1. The zero-order valence-electron chi connectivity index (χ0n) is 14.6. The first-order valence-electron chi connectivity index (χ1n) is 8.03. The first-order valence-corrected chi connectivity index (χ1v) is 8.03. The summed E-state index contributed by atoms with van der Waals surface area (Å²) in [6, 6.07) is 2.55. The van der Waals surface area contributed by atoms with E-state index in [2.05, 4.69) is 10.3 Å². The van der Waals surface area contributed by atoms with Gasteiger partial charge in [-0.05, 0) is 39.8 Å². The molecule has 24 heavy (non-hydrogen) atoms. The molecule has 1 aromatic heterocycles. The van der Waals surface area contributed by atoms with Crippen molar-refractivity contribution in [2.45, 2.75) is 45.4 Å². The standard InChI is InChI=1S/C17H25N3O4/c1-11(19-15(21)13-6-5-7-18-12(13)2)8-20-10-17(3,4)24-9-14(20)16(22)23/h5-7,11,14H,8-10H2,1-4H3,(H,19,21)(H,22,23)/t11?,14-/m0/s1. The molecule has 2 N–H and O–H groups in total. The highest BCUT2D eigenvalue weighted by Crippen LogP contribution is 2.21. The molecule has 1 amide bonds. The molecule has 0 aromatic carbocycles. The van der Waals surface area contributed by atoms with Gasteiger partial charge in [-0.2, -0.15) is 0 Å². The van der Waals surface area contributed by atoms with E-state index in [1.54, 1.807) is 25.3 Å². The van der Waals surface area contributed by atoms with Crippen LogP contribution in [0.1, 0.15) is 36.8 Å². The summed E-state index contributed by atoms with van der Waals surface area (Å²) < 4.78 is 5.60. The van der Waals surface area contributed by atoms with Gasteiger partial charge in [0.1, 0.15) is 6.04 Å². The average Bonchev–Trinajstić information content (AvgIpc) is 2.46. The van der Waals surface area contributed by atoms with E-state index in [1.165, 1.54) is 0 Å². The molecular formula is C17H25N3O4. The third kappa shape index (κ3) is 4.52. The molecule has 0 spiro atoms. The number of nitrogens with zero attached hydrogens (tertiary/aromatic N) is 2. The molecule has 0 aliphatic carbocycles. The highest BCUT2D eigenvalue weighted by Gasteiger charge is 2.38. The number of pyridine rings is 1. The van der Waals surface area contributed by atoms with Crippen LogP contribution in [0.3, 0.4) is 0 Å². The molecule has 1 saturated heterocycles. The highest BCUT2D eigenvalue weighted by atomic mass is 16.5. The Morgan fingerprint density at radius 2 is 2.25 bits per heavy atom. The number of carboxylic acids is 1. The van der Waals surface area contributed by atoms with Crippen molar-refractivity contribution in [2.75, 3.05) is 19.7 Å². The van der Waals surface area contributed by atoms with Crippen LogP contribution in [0.5, 0.6) is 0 Å². The van der Waals surface area contributed by atoms with Crippen LogP contribution >= 0.6 is 0 Å². The number of aryl methyl sites for hydroxylation is 1. The molecule has 1 fully saturated rings. The first kappa shape index (κ1) is 18.4. The van der Waals surface area contributed by atoms with Gasteiger partial charge in [0.25, 0.3) is 5.91 Å². The van der Waals surface area contributed by atoms with Gasteiger partial charge in [-0.3, -0.25) is 19.5 Å².